The summed E-state index contributed by atoms with van der Waals surface area (Å²) in [5, 5.41) is 0. The summed E-state index contributed by atoms with van der Waals surface area (Å²) in [6.45, 7) is 6.47. The van der Waals surface area contributed by atoms with Crippen molar-refractivity contribution in [2.45, 2.75) is 20.8 Å². The number of benzene rings is 5. The van der Waals surface area contributed by atoms with E-state index < -0.39 is 0 Å². The van der Waals surface area contributed by atoms with Gasteiger partial charge < -0.3 is 0 Å². The van der Waals surface area contributed by atoms with Crippen LogP contribution in [0, 0.1) is 20.8 Å². The van der Waals surface area contributed by atoms with Gasteiger partial charge in [0.2, 0.25) is 0 Å². The highest BCUT2D eigenvalue weighted by Gasteiger charge is 2.10. The summed E-state index contributed by atoms with van der Waals surface area (Å²) in [5.74, 6) is 0. The summed E-state index contributed by atoms with van der Waals surface area (Å²) in [4.78, 5) is 0. The van der Waals surface area contributed by atoms with Gasteiger partial charge in [-0.3, -0.25) is 0 Å². The summed E-state index contributed by atoms with van der Waals surface area (Å²) >= 11 is 0. The molecule has 0 N–H and O–H groups in total. The molecule has 0 heterocycles. The van der Waals surface area contributed by atoms with Gasteiger partial charge in [0, 0.05) is 0 Å². The molecule has 0 unspecified atom stereocenters. The molecule has 160 valence electrons. The number of hydrogen-bond acceptors (Lipinski definition) is 0. The van der Waals surface area contributed by atoms with Crippen LogP contribution in [0.2, 0.25) is 0 Å². The monoisotopic (exact) mass is 424 g/mol. The third-order valence-corrected chi connectivity index (χ3v) is 6.19. The maximum Gasteiger partial charge on any atom is -0.0171 e. The SMILES string of the molecule is Cc1ccc(-c2cc(-c3ccccc3)cc(-c3cc(C)cc(-c4cccc(C)c4)c3)c2)cc1. The lowest BCUT2D eigenvalue weighted by molar-refractivity contribution is 1.43. The summed E-state index contributed by atoms with van der Waals surface area (Å²) < 4.78 is 0. The second-order valence-corrected chi connectivity index (χ2v) is 8.99. The van der Waals surface area contributed by atoms with Crippen molar-refractivity contribution in [2.24, 2.45) is 0 Å². The highest BCUT2D eigenvalue weighted by Crippen LogP contribution is 2.35. The van der Waals surface area contributed by atoms with E-state index in [0.717, 1.165) is 0 Å². The Morgan fingerprint density at radius 2 is 0.727 bits per heavy atom. The van der Waals surface area contributed by atoms with Crippen LogP contribution >= 0.6 is 0 Å². The molecular weight excluding hydrogens is 396 g/mol. The Labute approximate surface area is 197 Å². The highest BCUT2D eigenvalue weighted by atomic mass is 14.1. The van der Waals surface area contributed by atoms with E-state index in [2.05, 4.69) is 136 Å². The van der Waals surface area contributed by atoms with Crippen molar-refractivity contribution < 1.29 is 0 Å². The van der Waals surface area contributed by atoms with E-state index in [-0.39, 0.29) is 0 Å². The van der Waals surface area contributed by atoms with Crippen LogP contribution in [0.1, 0.15) is 16.7 Å². The number of aryl methyl sites for hydroxylation is 3. The molecule has 5 aromatic carbocycles. The molecule has 0 aromatic heterocycles. The zero-order valence-corrected chi connectivity index (χ0v) is 19.5. The minimum atomic E-state index is 1.24. The van der Waals surface area contributed by atoms with Crippen LogP contribution in [-0.4, -0.2) is 0 Å². The summed E-state index contributed by atoms with van der Waals surface area (Å²) in [6.07, 6.45) is 0. The minimum Gasteiger partial charge on any atom is -0.0622 e. The average molecular weight is 425 g/mol. The van der Waals surface area contributed by atoms with Crippen molar-refractivity contribution in [2.75, 3.05) is 0 Å². The molecular formula is C33H28. The smallest absolute Gasteiger partial charge is 0.0171 e. The lowest BCUT2D eigenvalue weighted by Gasteiger charge is -2.14. The van der Waals surface area contributed by atoms with E-state index in [4.69, 9.17) is 0 Å². The molecule has 0 spiro atoms. The van der Waals surface area contributed by atoms with E-state index >= 15 is 0 Å². The van der Waals surface area contributed by atoms with Gasteiger partial charge in [-0.15, -0.1) is 0 Å². The number of rotatable bonds is 4. The Morgan fingerprint density at radius 1 is 0.273 bits per heavy atom. The summed E-state index contributed by atoms with van der Waals surface area (Å²) in [5.41, 5.74) is 13.8. The predicted molar refractivity (Wildman–Crippen MR) is 142 cm³/mol. The molecule has 0 aliphatic rings. The van der Waals surface area contributed by atoms with Gasteiger partial charge in [0.1, 0.15) is 0 Å². The molecule has 0 saturated heterocycles. The van der Waals surface area contributed by atoms with Crippen molar-refractivity contribution in [3.63, 3.8) is 0 Å². The quantitative estimate of drug-likeness (QED) is 0.270. The van der Waals surface area contributed by atoms with Crippen LogP contribution < -0.4 is 0 Å². The van der Waals surface area contributed by atoms with Gasteiger partial charge in [-0.1, -0.05) is 102 Å². The molecule has 0 heteroatoms. The molecule has 0 aliphatic heterocycles. The molecule has 33 heavy (non-hydrogen) atoms. The first-order valence-corrected chi connectivity index (χ1v) is 11.5. The van der Waals surface area contributed by atoms with Gasteiger partial charge in [0.15, 0.2) is 0 Å². The van der Waals surface area contributed by atoms with Gasteiger partial charge in [0.25, 0.3) is 0 Å². The van der Waals surface area contributed by atoms with Crippen molar-refractivity contribution in [1.82, 2.24) is 0 Å². The Balaban J connectivity index is 1.69. The maximum atomic E-state index is 2.33. The first-order chi connectivity index (χ1) is 16.0. The first kappa shape index (κ1) is 21.0. The first-order valence-electron chi connectivity index (χ1n) is 11.5. The second kappa shape index (κ2) is 8.92. The minimum absolute atomic E-state index is 1.24. The summed E-state index contributed by atoms with van der Waals surface area (Å²) in [7, 11) is 0. The van der Waals surface area contributed by atoms with Gasteiger partial charge in [0.05, 0.1) is 0 Å². The molecule has 0 saturated carbocycles. The lowest BCUT2D eigenvalue weighted by Crippen LogP contribution is -1.89. The van der Waals surface area contributed by atoms with Crippen molar-refractivity contribution in [3.05, 3.63) is 132 Å². The third-order valence-electron chi connectivity index (χ3n) is 6.19. The Kier molecular flexibility index (Phi) is 5.67. The predicted octanol–water partition coefficient (Wildman–Crippen LogP) is 9.28. The Morgan fingerprint density at radius 3 is 1.33 bits per heavy atom. The highest BCUT2D eigenvalue weighted by molar-refractivity contribution is 5.83. The van der Waals surface area contributed by atoms with Crippen LogP contribution in [0.5, 0.6) is 0 Å². The molecule has 0 nitrogen and oxygen atoms in total. The molecule has 5 aromatic rings. The van der Waals surface area contributed by atoms with Gasteiger partial charge in [-0.25, -0.2) is 0 Å². The lowest BCUT2D eigenvalue weighted by atomic mass is 9.91. The van der Waals surface area contributed by atoms with Crippen LogP contribution in [-0.2, 0) is 0 Å². The van der Waals surface area contributed by atoms with E-state index in [1.807, 2.05) is 0 Å². The average Bonchev–Trinajstić information content (AvgIpc) is 2.84. The van der Waals surface area contributed by atoms with Crippen LogP contribution in [0.3, 0.4) is 0 Å². The van der Waals surface area contributed by atoms with E-state index in [9.17, 15) is 0 Å². The largest absolute Gasteiger partial charge is 0.0622 e. The molecule has 0 radical (unpaired) electrons. The second-order valence-electron chi connectivity index (χ2n) is 8.99. The Bertz CT molecular complexity index is 1410. The number of hydrogen-bond donors (Lipinski definition) is 0. The molecule has 5 rings (SSSR count). The molecule has 0 fully saturated rings. The zero-order valence-electron chi connectivity index (χ0n) is 19.5. The van der Waals surface area contributed by atoms with E-state index in [1.54, 1.807) is 0 Å². The van der Waals surface area contributed by atoms with E-state index in [0.29, 0.717) is 0 Å². The van der Waals surface area contributed by atoms with E-state index in [1.165, 1.54) is 61.2 Å². The maximum absolute atomic E-state index is 2.33. The molecule has 0 bridgehead atoms. The molecule has 0 atom stereocenters. The van der Waals surface area contributed by atoms with Gasteiger partial charge >= 0.3 is 0 Å². The standard InChI is InChI=1S/C33H28/c1-23-12-14-27(15-13-23)32-20-31(26-9-5-4-6-10-26)21-33(22-32)30-18-25(3)17-29(19-30)28-11-7-8-24(2)16-28/h4-22H,1-3H3. The molecule has 0 aliphatic carbocycles. The van der Waals surface area contributed by atoms with Crippen LogP contribution in [0.15, 0.2) is 115 Å². The van der Waals surface area contributed by atoms with Gasteiger partial charge in [-0.2, -0.15) is 0 Å². The normalized spacial score (nSPS) is 10.9. The van der Waals surface area contributed by atoms with Crippen molar-refractivity contribution in [1.29, 1.82) is 0 Å². The van der Waals surface area contributed by atoms with Crippen molar-refractivity contribution in [3.8, 4) is 44.5 Å². The van der Waals surface area contributed by atoms with Crippen molar-refractivity contribution >= 4 is 0 Å². The fraction of sp³-hybridized carbons (Fsp3) is 0.0909. The zero-order chi connectivity index (χ0) is 22.8. The third kappa shape index (κ3) is 4.66. The summed E-state index contributed by atoms with van der Waals surface area (Å²) in [6, 6.07) is 42.1. The fourth-order valence-corrected chi connectivity index (χ4v) is 4.45. The Hall–Kier alpha value is -3.90. The molecule has 0 amide bonds. The van der Waals surface area contributed by atoms with Gasteiger partial charge in [-0.05, 0) is 95.1 Å². The fourth-order valence-electron chi connectivity index (χ4n) is 4.45. The van der Waals surface area contributed by atoms with Crippen LogP contribution in [0.25, 0.3) is 44.5 Å². The van der Waals surface area contributed by atoms with Crippen LogP contribution in [0.4, 0.5) is 0 Å². The topological polar surface area (TPSA) is 0 Å².